The summed E-state index contributed by atoms with van der Waals surface area (Å²) in [5.41, 5.74) is 2.88. The zero-order chi connectivity index (χ0) is 20.2. The lowest BCUT2D eigenvalue weighted by Crippen LogP contribution is -2.66. The fourth-order valence-corrected chi connectivity index (χ4v) is 4.37. The molecule has 148 valence electrons. The lowest BCUT2D eigenvalue weighted by atomic mass is 9.78. The van der Waals surface area contributed by atoms with Crippen molar-refractivity contribution in [3.63, 3.8) is 0 Å². The predicted octanol–water partition coefficient (Wildman–Crippen LogP) is 3.08. The Morgan fingerprint density at radius 3 is 2.79 bits per heavy atom. The van der Waals surface area contributed by atoms with Crippen LogP contribution in [-0.4, -0.2) is 42.2 Å². The largest absolute Gasteiger partial charge is 0.380 e. The van der Waals surface area contributed by atoms with E-state index in [1.807, 2.05) is 13.0 Å². The summed E-state index contributed by atoms with van der Waals surface area (Å²) in [7, 11) is 0. The number of rotatable bonds is 3. The average molecular weight is 455 g/mol. The molecule has 0 radical (unpaired) electrons. The molecule has 8 heteroatoms. The third kappa shape index (κ3) is 3.22. The molecule has 0 saturated carbocycles. The number of H-pyrrole nitrogens is 1. The summed E-state index contributed by atoms with van der Waals surface area (Å²) in [5, 5.41) is 3.86. The van der Waals surface area contributed by atoms with Crippen molar-refractivity contribution in [3.05, 3.63) is 62.5 Å². The van der Waals surface area contributed by atoms with E-state index in [4.69, 9.17) is 4.74 Å². The van der Waals surface area contributed by atoms with Crippen molar-refractivity contribution in [1.82, 2.24) is 9.97 Å². The molecule has 2 aromatic heterocycles. The highest BCUT2D eigenvalue weighted by Gasteiger charge is 2.50. The number of fused-ring (bicyclic) bond motifs is 1. The minimum atomic E-state index is -0.221. The van der Waals surface area contributed by atoms with Crippen molar-refractivity contribution >= 4 is 44.2 Å². The molecular formula is C21H19BrN4O3. The summed E-state index contributed by atoms with van der Waals surface area (Å²) < 4.78 is 6.09. The Labute approximate surface area is 175 Å². The molecule has 0 aliphatic carbocycles. The Kier molecular flexibility index (Phi) is 4.22. The maximum atomic E-state index is 13.1. The maximum absolute atomic E-state index is 13.1. The Balaban J connectivity index is 1.43. The van der Waals surface area contributed by atoms with Crippen LogP contribution in [0.1, 0.15) is 15.9 Å². The van der Waals surface area contributed by atoms with E-state index in [9.17, 15) is 9.59 Å². The predicted molar refractivity (Wildman–Crippen MR) is 115 cm³/mol. The number of hydrogen-bond acceptors (Lipinski definition) is 5. The van der Waals surface area contributed by atoms with Gasteiger partial charge in [-0.2, -0.15) is 0 Å². The monoisotopic (exact) mass is 454 g/mol. The molecule has 2 aliphatic rings. The third-order valence-corrected chi connectivity index (χ3v) is 5.99. The van der Waals surface area contributed by atoms with Crippen LogP contribution in [0.4, 0.5) is 11.5 Å². The number of ether oxygens (including phenoxy) is 1. The van der Waals surface area contributed by atoms with Crippen LogP contribution in [-0.2, 0) is 4.74 Å². The van der Waals surface area contributed by atoms with Crippen LogP contribution in [0, 0.1) is 12.3 Å². The molecule has 1 aromatic carbocycles. The molecule has 0 atom stereocenters. The Bertz CT molecular complexity index is 1190. The summed E-state index contributed by atoms with van der Waals surface area (Å²) in [5.74, 6) is 0.463. The molecule has 7 nitrogen and oxygen atoms in total. The van der Waals surface area contributed by atoms with E-state index < -0.39 is 0 Å². The SMILES string of the molecule is Cc1cc(=O)[nH]c2ccc(NC(=O)c3cc(Br)cnc3N3CC4(COC4)C3)cc12. The molecule has 2 aliphatic heterocycles. The normalized spacial score (nSPS) is 17.1. The van der Waals surface area contributed by atoms with Crippen molar-refractivity contribution < 1.29 is 9.53 Å². The second-order valence-corrected chi connectivity index (χ2v) is 8.82. The summed E-state index contributed by atoms with van der Waals surface area (Å²) in [6, 6.07) is 8.80. The number of carbonyl (C=O) groups excluding carboxylic acids is 1. The van der Waals surface area contributed by atoms with Gasteiger partial charge in [0, 0.05) is 46.4 Å². The second kappa shape index (κ2) is 6.67. The molecule has 0 bridgehead atoms. The smallest absolute Gasteiger partial charge is 0.259 e. The lowest BCUT2D eigenvalue weighted by molar-refractivity contribution is -0.127. The van der Waals surface area contributed by atoms with Crippen LogP contribution in [0.2, 0.25) is 0 Å². The molecule has 1 amide bonds. The first kappa shape index (κ1) is 18.3. The van der Waals surface area contributed by atoms with Crippen LogP contribution < -0.4 is 15.8 Å². The van der Waals surface area contributed by atoms with Gasteiger partial charge in [0.1, 0.15) is 5.82 Å². The summed E-state index contributed by atoms with van der Waals surface area (Å²) in [6.45, 7) is 5.14. The molecule has 29 heavy (non-hydrogen) atoms. The third-order valence-electron chi connectivity index (χ3n) is 5.55. The number of aromatic nitrogens is 2. The van der Waals surface area contributed by atoms with Gasteiger partial charge >= 0.3 is 0 Å². The van der Waals surface area contributed by atoms with E-state index in [2.05, 4.69) is 36.1 Å². The highest BCUT2D eigenvalue weighted by molar-refractivity contribution is 9.10. The molecular weight excluding hydrogens is 436 g/mol. The molecule has 2 saturated heterocycles. The van der Waals surface area contributed by atoms with Crippen LogP contribution in [0.5, 0.6) is 0 Å². The number of amides is 1. The zero-order valence-electron chi connectivity index (χ0n) is 15.8. The highest BCUT2D eigenvalue weighted by atomic mass is 79.9. The first-order valence-electron chi connectivity index (χ1n) is 9.36. The van der Waals surface area contributed by atoms with Crippen molar-refractivity contribution in [2.45, 2.75) is 6.92 Å². The van der Waals surface area contributed by atoms with Crippen molar-refractivity contribution in [2.24, 2.45) is 5.41 Å². The minimum absolute atomic E-state index is 0.138. The number of nitrogens with zero attached hydrogens (tertiary/aromatic N) is 2. The van der Waals surface area contributed by atoms with Gasteiger partial charge in [0.2, 0.25) is 5.56 Å². The van der Waals surface area contributed by atoms with Crippen molar-refractivity contribution in [3.8, 4) is 0 Å². The average Bonchev–Trinajstić information content (AvgIpc) is 2.61. The van der Waals surface area contributed by atoms with Crippen LogP contribution in [0.3, 0.4) is 0 Å². The number of halogens is 1. The summed E-state index contributed by atoms with van der Waals surface area (Å²) >= 11 is 3.42. The quantitative estimate of drug-likeness (QED) is 0.634. The number of nitrogens with one attached hydrogen (secondary N) is 2. The van der Waals surface area contributed by atoms with E-state index in [-0.39, 0.29) is 16.9 Å². The van der Waals surface area contributed by atoms with Gasteiger partial charge in [0.05, 0.1) is 24.2 Å². The molecule has 2 N–H and O–H groups in total. The second-order valence-electron chi connectivity index (χ2n) is 7.90. The molecule has 2 fully saturated rings. The van der Waals surface area contributed by atoms with Gasteiger partial charge < -0.3 is 19.9 Å². The number of pyridine rings is 2. The molecule has 0 unspecified atom stereocenters. The Morgan fingerprint density at radius 2 is 2.07 bits per heavy atom. The van der Waals surface area contributed by atoms with Gasteiger partial charge in [0.15, 0.2) is 0 Å². The van der Waals surface area contributed by atoms with E-state index in [1.54, 1.807) is 30.5 Å². The maximum Gasteiger partial charge on any atom is 0.259 e. The summed E-state index contributed by atoms with van der Waals surface area (Å²) in [4.78, 5) is 34.1. The number of carbonyl (C=O) groups is 1. The fraction of sp³-hybridized carbons (Fsp3) is 0.286. The van der Waals surface area contributed by atoms with Crippen LogP contribution >= 0.6 is 15.9 Å². The van der Waals surface area contributed by atoms with Gasteiger partial charge in [-0.3, -0.25) is 9.59 Å². The van der Waals surface area contributed by atoms with E-state index in [0.717, 1.165) is 47.2 Å². The van der Waals surface area contributed by atoms with Crippen molar-refractivity contribution in [1.29, 1.82) is 0 Å². The van der Waals surface area contributed by atoms with E-state index in [0.29, 0.717) is 17.1 Å². The fourth-order valence-electron chi connectivity index (χ4n) is 4.04. The lowest BCUT2D eigenvalue weighted by Gasteiger charge is -2.55. The molecule has 3 aromatic rings. The van der Waals surface area contributed by atoms with E-state index in [1.165, 1.54) is 0 Å². The van der Waals surface area contributed by atoms with Gasteiger partial charge in [-0.15, -0.1) is 0 Å². The standard InChI is InChI=1S/C21H19BrN4O3/c1-12-4-18(27)25-17-3-2-14(6-15(12)17)24-20(28)16-5-13(22)7-23-19(16)26-8-21(9-26)10-29-11-21/h2-7H,8-11H2,1H3,(H,24,28)(H,25,27). The van der Waals surface area contributed by atoms with Crippen molar-refractivity contribution in [2.75, 3.05) is 36.5 Å². The minimum Gasteiger partial charge on any atom is -0.380 e. The number of anilines is 2. The number of aromatic amines is 1. The Morgan fingerprint density at radius 1 is 1.28 bits per heavy atom. The van der Waals surface area contributed by atoms with E-state index >= 15 is 0 Å². The van der Waals surface area contributed by atoms with Gasteiger partial charge in [-0.1, -0.05) is 0 Å². The molecule has 1 spiro atoms. The molecule has 4 heterocycles. The number of benzene rings is 1. The molecule has 5 rings (SSSR count). The summed E-state index contributed by atoms with van der Waals surface area (Å²) in [6.07, 6.45) is 1.71. The topological polar surface area (TPSA) is 87.3 Å². The van der Waals surface area contributed by atoms with Crippen LogP contribution in [0.15, 0.2) is 45.8 Å². The van der Waals surface area contributed by atoms with Crippen LogP contribution in [0.25, 0.3) is 10.9 Å². The Hall–Kier alpha value is -2.71. The zero-order valence-corrected chi connectivity index (χ0v) is 17.4. The van der Waals surface area contributed by atoms with Gasteiger partial charge in [-0.05, 0) is 52.7 Å². The van der Waals surface area contributed by atoms with Gasteiger partial charge in [0.25, 0.3) is 5.91 Å². The first-order chi connectivity index (χ1) is 13.9. The number of aryl methyl sites for hydroxylation is 1. The van der Waals surface area contributed by atoms with Gasteiger partial charge in [-0.25, -0.2) is 4.98 Å². The number of hydrogen-bond donors (Lipinski definition) is 2. The first-order valence-corrected chi connectivity index (χ1v) is 10.2. The highest BCUT2D eigenvalue weighted by Crippen LogP contribution is 2.40.